The smallest absolute Gasteiger partial charge is 0.113 e. The molecule has 4 nitrogen and oxygen atoms in total. The molecule has 13 heavy (non-hydrogen) atoms. The first-order chi connectivity index (χ1) is 6.42. The Labute approximate surface area is 75.1 Å². The number of allylic oxidation sites excluding steroid dienone is 1. The van der Waals surface area contributed by atoms with E-state index in [0.29, 0.717) is 6.54 Å². The van der Waals surface area contributed by atoms with Crippen LogP contribution in [0, 0.1) is 0 Å². The van der Waals surface area contributed by atoms with E-state index in [-0.39, 0.29) is 0 Å². The van der Waals surface area contributed by atoms with Crippen molar-refractivity contribution in [1.29, 1.82) is 0 Å². The van der Waals surface area contributed by atoms with Crippen molar-refractivity contribution in [2.75, 3.05) is 0 Å². The third kappa shape index (κ3) is 1.38. The van der Waals surface area contributed by atoms with Crippen LogP contribution in [0.15, 0.2) is 36.6 Å². The minimum atomic E-state index is 0.539. The molecule has 0 radical (unpaired) electrons. The van der Waals surface area contributed by atoms with E-state index in [9.17, 15) is 0 Å². The minimum Gasteiger partial charge on any atom is -0.516 e. The van der Waals surface area contributed by atoms with Gasteiger partial charge in [-0.2, -0.15) is 0 Å². The van der Waals surface area contributed by atoms with Gasteiger partial charge in [0, 0.05) is 0 Å². The molecule has 0 saturated heterocycles. The fraction of sp³-hybridized carbons (Fsp3) is 0.111. The topological polar surface area (TPSA) is 50.9 Å². The van der Waals surface area contributed by atoms with Gasteiger partial charge in [-0.05, 0) is 18.2 Å². The van der Waals surface area contributed by atoms with Crippen molar-refractivity contribution in [1.82, 2.24) is 15.0 Å². The SMILES string of the molecule is OC=CCn1nnc2ccccc21. The number of fused-ring (bicyclic) bond motifs is 1. The highest BCUT2D eigenvalue weighted by Crippen LogP contribution is 2.08. The summed E-state index contributed by atoms with van der Waals surface area (Å²) < 4.78 is 1.72. The number of hydrogen-bond acceptors (Lipinski definition) is 3. The van der Waals surface area contributed by atoms with E-state index in [1.54, 1.807) is 10.8 Å². The molecule has 1 aromatic carbocycles. The molecule has 4 heteroatoms. The van der Waals surface area contributed by atoms with Crippen LogP contribution in [0.25, 0.3) is 11.0 Å². The van der Waals surface area contributed by atoms with Gasteiger partial charge in [0.15, 0.2) is 0 Å². The molecule has 0 unspecified atom stereocenters. The van der Waals surface area contributed by atoms with Gasteiger partial charge in [-0.1, -0.05) is 17.3 Å². The van der Waals surface area contributed by atoms with Crippen molar-refractivity contribution >= 4 is 11.0 Å². The molecule has 0 aliphatic heterocycles. The molecule has 0 fully saturated rings. The number of aliphatic hydroxyl groups excluding tert-OH is 1. The fourth-order valence-corrected chi connectivity index (χ4v) is 1.20. The number of hydrogen-bond donors (Lipinski definition) is 1. The van der Waals surface area contributed by atoms with Gasteiger partial charge in [-0.15, -0.1) is 5.10 Å². The zero-order valence-corrected chi connectivity index (χ0v) is 6.96. The first-order valence-electron chi connectivity index (χ1n) is 3.99. The number of nitrogens with zero attached hydrogens (tertiary/aromatic N) is 3. The van der Waals surface area contributed by atoms with Gasteiger partial charge in [-0.3, -0.25) is 0 Å². The van der Waals surface area contributed by atoms with E-state index >= 15 is 0 Å². The summed E-state index contributed by atoms with van der Waals surface area (Å²) in [5.74, 6) is 0. The van der Waals surface area contributed by atoms with Crippen molar-refractivity contribution in [3.63, 3.8) is 0 Å². The molecule has 0 saturated carbocycles. The standard InChI is InChI=1S/C9H9N3O/c13-7-3-6-12-9-5-2-1-4-8(9)10-11-12/h1-5,7,13H,6H2. The Balaban J connectivity index is 2.45. The summed E-state index contributed by atoms with van der Waals surface area (Å²) in [7, 11) is 0. The number of aliphatic hydroxyl groups is 1. The maximum Gasteiger partial charge on any atom is 0.113 e. The van der Waals surface area contributed by atoms with Crippen LogP contribution in [0.4, 0.5) is 0 Å². The van der Waals surface area contributed by atoms with E-state index in [4.69, 9.17) is 5.11 Å². The molecular formula is C9H9N3O. The molecule has 0 spiro atoms. The molecule has 1 aromatic heterocycles. The summed E-state index contributed by atoms with van der Waals surface area (Å²) in [6.45, 7) is 0.539. The van der Waals surface area contributed by atoms with Gasteiger partial charge in [-0.25, -0.2) is 4.68 Å². The third-order valence-electron chi connectivity index (χ3n) is 1.80. The van der Waals surface area contributed by atoms with E-state index in [2.05, 4.69) is 10.3 Å². The van der Waals surface area contributed by atoms with Gasteiger partial charge in [0.2, 0.25) is 0 Å². The summed E-state index contributed by atoms with van der Waals surface area (Å²) in [6, 6.07) is 7.70. The third-order valence-corrected chi connectivity index (χ3v) is 1.80. The lowest BCUT2D eigenvalue weighted by molar-refractivity contribution is 0.468. The first kappa shape index (κ1) is 7.79. The Morgan fingerprint density at radius 3 is 3.08 bits per heavy atom. The molecular weight excluding hydrogens is 166 g/mol. The number of para-hydroxylation sites is 1. The first-order valence-corrected chi connectivity index (χ1v) is 3.99. The summed E-state index contributed by atoms with van der Waals surface area (Å²) in [5.41, 5.74) is 1.84. The van der Waals surface area contributed by atoms with E-state index in [1.807, 2.05) is 24.3 Å². The average Bonchev–Trinajstić information content (AvgIpc) is 2.58. The van der Waals surface area contributed by atoms with Crippen LogP contribution >= 0.6 is 0 Å². The molecule has 0 aliphatic rings. The van der Waals surface area contributed by atoms with Gasteiger partial charge in [0.1, 0.15) is 5.52 Å². The van der Waals surface area contributed by atoms with Crippen molar-refractivity contribution in [3.05, 3.63) is 36.6 Å². The largest absolute Gasteiger partial charge is 0.516 e. The summed E-state index contributed by atoms with van der Waals surface area (Å²) >= 11 is 0. The second-order valence-electron chi connectivity index (χ2n) is 2.65. The van der Waals surface area contributed by atoms with Crippen LogP contribution in [0.5, 0.6) is 0 Å². The zero-order chi connectivity index (χ0) is 9.10. The van der Waals surface area contributed by atoms with Crippen molar-refractivity contribution in [2.24, 2.45) is 0 Å². The molecule has 2 rings (SSSR count). The molecule has 0 bridgehead atoms. The molecule has 66 valence electrons. The maximum atomic E-state index is 8.50. The highest BCUT2D eigenvalue weighted by Gasteiger charge is 1.99. The number of rotatable bonds is 2. The Morgan fingerprint density at radius 1 is 1.38 bits per heavy atom. The lowest BCUT2D eigenvalue weighted by Gasteiger charge is -1.94. The Kier molecular flexibility index (Phi) is 1.96. The lowest BCUT2D eigenvalue weighted by Crippen LogP contribution is -1.96. The van der Waals surface area contributed by atoms with Crippen molar-refractivity contribution < 1.29 is 5.11 Å². The Bertz CT molecular complexity index is 433. The van der Waals surface area contributed by atoms with Crippen LogP contribution in [0.3, 0.4) is 0 Å². The predicted molar refractivity (Wildman–Crippen MR) is 49.3 cm³/mol. The van der Waals surface area contributed by atoms with E-state index in [1.165, 1.54) is 0 Å². The van der Waals surface area contributed by atoms with E-state index in [0.717, 1.165) is 17.3 Å². The van der Waals surface area contributed by atoms with Crippen LogP contribution < -0.4 is 0 Å². The number of benzene rings is 1. The fourth-order valence-electron chi connectivity index (χ4n) is 1.20. The van der Waals surface area contributed by atoms with Crippen LogP contribution in [-0.2, 0) is 6.54 Å². The second kappa shape index (κ2) is 3.26. The normalized spacial score (nSPS) is 11.4. The molecule has 1 N–H and O–H groups in total. The quantitative estimate of drug-likeness (QED) is 0.704. The van der Waals surface area contributed by atoms with Gasteiger partial charge in [0.25, 0.3) is 0 Å². The Hall–Kier alpha value is -1.84. The second-order valence-corrected chi connectivity index (χ2v) is 2.65. The highest BCUT2D eigenvalue weighted by molar-refractivity contribution is 5.73. The minimum absolute atomic E-state index is 0.539. The van der Waals surface area contributed by atoms with Crippen LogP contribution in [0.1, 0.15) is 0 Å². The Morgan fingerprint density at radius 2 is 2.23 bits per heavy atom. The van der Waals surface area contributed by atoms with Crippen LogP contribution in [0.2, 0.25) is 0 Å². The number of aromatic nitrogens is 3. The maximum absolute atomic E-state index is 8.50. The predicted octanol–water partition coefficient (Wildman–Crippen LogP) is 1.50. The zero-order valence-electron chi connectivity index (χ0n) is 6.96. The lowest BCUT2D eigenvalue weighted by atomic mass is 10.3. The highest BCUT2D eigenvalue weighted by atomic mass is 16.2. The average molecular weight is 175 g/mol. The monoisotopic (exact) mass is 175 g/mol. The summed E-state index contributed by atoms with van der Waals surface area (Å²) in [5, 5.41) is 16.4. The van der Waals surface area contributed by atoms with Gasteiger partial charge in [0.05, 0.1) is 18.3 Å². The molecule has 2 aromatic rings. The van der Waals surface area contributed by atoms with Gasteiger partial charge >= 0.3 is 0 Å². The van der Waals surface area contributed by atoms with Crippen molar-refractivity contribution in [3.8, 4) is 0 Å². The molecule has 0 aliphatic carbocycles. The van der Waals surface area contributed by atoms with E-state index < -0.39 is 0 Å². The summed E-state index contributed by atoms with van der Waals surface area (Å²) in [4.78, 5) is 0. The molecule has 0 amide bonds. The molecule has 1 heterocycles. The molecule has 0 atom stereocenters. The van der Waals surface area contributed by atoms with Crippen molar-refractivity contribution in [2.45, 2.75) is 6.54 Å². The van der Waals surface area contributed by atoms with Crippen LogP contribution in [-0.4, -0.2) is 20.1 Å². The summed E-state index contributed by atoms with van der Waals surface area (Å²) in [6.07, 6.45) is 2.62. The van der Waals surface area contributed by atoms with Gasteiger partial charge < -0.3 is 5.11 Å².